The van der Waals surface area contributed by atoms with Gasteiger partial charge < -0.3 is 35.1 Å². The van der Waals surface area contributed by atoms with Crippen molar-refractivity contribution < 1.29 is 4.90 Å². The van der Waals surface area contributed by atoms with Crippen LogP contribution in [0.4, 0.5) is 5.69 Å². The molecule has 0 unspecified atom stereocenters. The third-order valence-electron chi connectivity index (χ3n) is 2.41. The molecule has 0 spiro atoms. The van der Waals surface area contributed by atoms with E-state index in [1.165, 1.54) is 19.6 Å². The average molecular weight is 271 g/mol. The number of thiocarbonyl (C=S) groups is 1. The first-order valence-corrected chi connectivity index (χ1v) is 6.67. The molecule has 0 aromatic carbocycles. The molecule has 1 rings (SSSR count). The first kappa shape index (κ1) is 16.2. The van der Waals surface area contributed by atoms with Crippen LogP contribution >= 0.6 is 12.2 Å². The molecule has 17 heavy (non-hydrogen) atoms. The smallest absolute Gasteiger partial charge is 0.0742 e. The maximum atomic E-state index is 4.65. The van der Waals surface area contributed by atoms with Crippen molar-refractivity contribution in [3.63, 3.8) is 0 Å². The van der Waals surface area contributed by atoms with Gasteiger partial charge in [0.25, 0.3) is 0 Å². The van der Waals surface area contributed by atoms with Crippen molar-refractivity contribution in [2.24, 2.45) is 0 Å². The second kappa shape index (κ2) is 10.4. The number of aromatic nitrogens is 1. The molecule has 0 aliphatic carbocycles. The molecule has 0 atom stereocenters. The van der Waals surface area contributed by atoms with E-state index in [0.29, 0.717) is 4.32 Å². The highest BCUT2D eigenvalue weighted by Gasteiger charge is 1.92. The van der Waals surface area contributed by atoms with Gasteiger partial charge >= 0.3 is 0 Å². The largest absolute Gasteiger partial charge is 0.411 e. The van der Waals surface area contributed by atoms with Gasteiger partial charge in [0, 0.05) is 6.20 Å². The fraction of sp³-hybridized carbons (Fsp3) is 0.500. The summed E-state index contributed by atoms with van der Waals surface area (Å²) in [5, 5.41) is 2.79. The van der Waals surface area contributed by atoms with Crippen molar-refractivity contribution in [1.29, 1.82) is 0 Å². The van der Waals surface area contributed by atoms with Crippen molar-refractivity contribution in [3.8, 4) is 0 Å². The van der Waals surface area contributed by atoms with E-state index in [1.54, 1.807) is 17.3 Å². The number of hydrogen-bond donors (Lipinski definition) is 2. The van der Waals surface area contributed by atoms with E-state index in [0.717, 1.165) is 5.69 Å². The highest BCUT2D eigenvalue weighted by molar-refractivity contribution is 8.00. The van der Waals surface area contributed by atoms with Crippen molar-refractivity contribution in [1.82, 2.24) is 4.98 Å². The van der Waals surface area contributed by atoms with Crippen molar-refractivity contribution in [3.05, 3.63) is 24.5 Å². The summed E-state index contributed by atoms with van der Waals surface area (Å²) in [6.45, 7) is 10.5. The molecule has 2 N–H and O–H groups in total. The maximum Gasteiger partial charge on any atom is 0.0742 e. The summed E-state index contributed by atoms with van der Waals surface area (Å²) < 4.78 is 0.341. The van der Waals surface area contributed by atoms with Crippen LogP contribution in [0.2, 0.25) is 0 Å². The van der Waals surface area contributed by atoms with Crippen LogP contribution in [0.15, 0.2) is 24.5 Å². The Hall–Kier alpha value is -0.780. The molecule has 1 aromatic rings. The van der Waals surface area contributed by atoms with Crippen molar-refractivity contribution >= 4 is 34.9 Å². The molecule has 0 saturated heterocycles. The number of nitrogens with zero attached hydrogens (tertiary/aromatic N) is 1. The number of pyridine rings is 1. The third kappa shape index (κ3) is 8.97. The standard InChI is InChI=1S/C6H6N2S2.C6H15N/c9-6(10)8-5-2-1-3-7-4-5;1-4-7(5-2)6-3/h1-4H,(H2,8,9,10);4-6H2,1-3H3. The summed E-state index contributed by atoms with van der Waals surface area (Å²) in [4.78, 5) is 5.55. The number of hydrogen-bond acceptors (Lipinski definition) is 3. The summed E-state index contributed by atoms with van der Waals surface area (Å²) in [5.74, 6) is 0. The van der Waals surface area contributed by atoms with E-state index in [-0.39, 0.29) is 0 Å². The second-order valence-corrected chi connectivity index (χ2v) is 4.54. The van der Waals surface area contributed by atoms with Crippen LogP contribution in [0, 0.1) is 0 Å². The first-order chi connectivity index (χ1) is 8.13. The third-order valence-corrected chi connectivity index (χ3v) is 2.61. The molecule has 1 heterocycles. The molecular formula is C12H21N3S2. The van der Waals surface area contributed by atoms with E-state index < -0.39 is 0 Å². The SMILES string of the molecule is CC[NH+](CC)CC.S=C([S-])Nc1cccnc1. The van der Waals surface area contributed by atoms with Crippen molar-refractivity contribution in [2.75, 3.05) is 25.0 Å². The molecule has 0 bridgehead atoms. The van der Waals surface area contributed by atoms with Crippen LogP contribution in [0.25, 0.3) is 0 Å². The fourth-order valence-electron chi connectivity index (χ4n) is 1.30. The summed E-state index contributed by atoms with van der Waals surface area (Å²) in [6.07, 6.45) is 3.36. The number of anilines is 1. The van der Waals surface area contributed by atoms with Gasteiger partial charge in [0.2, 0.25) is 0 Å². The molecule has 0 amide bonds. The topological polar surface area (TPSA) is 29.4 Å². The summed E-state index contributed by atoms with van der Waals surface area (Å²) in [5.41, 5.74) is 0.836. The minimum Gasteiger partial charge on any atom is -0.411 e. The Balaban J connectivity index is 0.000000325. The average Bonchev–Trinajstić information content (AvgIpc) is 2.32. The van der Waals surface area contributed by atoms with Gasteiger partial charge in [0.15, 0.2) is 0 Å². The Labute approximate surface area is 115 Å². The molecule has 0 aliphatic heterocycles. The maximum absolute atomic E-state index is 4.65. The highest BCUT2D eigenvalue weighted by atomic mass is 32.1. The monoisotopic (exact) mass is 271 g/mol. The Morgan fingerprint density at radius 1 is 1.35 bits per heavy atom. The van der Waals surface area contributed by atoms with Crippen LogP contribution < -0.4 is 10.2 Å². The second-order valence-electron chi connectivity index (χ2n) is 3.46. The molecule has 0 saturated carbocycles. The summed E-state index contributed by atoms with van der Waals surface area (Å²) >= 11 is 9.31. The van der Waals surface area contributed by atoms with Crippen LogP contribution in [-0.4, -0.2) is 28.9 Å². The van der Waals surface area contributed by atoms with Crippen molar-refractivity contribution in [2.45, 2.75) is 20.8 Å². The summed E-state index contributed by atoms with van der Waals surface area (Å²) in [7, 11) is 0. The zero-order chi connectivity index (χ0) is 13.1. The lowest BCUT2D eigenvalue weighted by atomic mass is 10.4. The van der Waals surface area contributed by atoms with Crippen LogP contribution in [0.3, 0.4) is 0 Å². The van der Waals surface area contributed by atoms with Gasteiger partial charge in [-0.05, 0) is 32.9 Å². The molecule has 3 nitrogen and oxygen atoms in total. The molecular weight excluding hydrogens is 250 g/mol. The molecule has 1 aromatic heterocycles. The summed E-state index contributed by atoms with van der Waals surface area (Å²) in [6, 6.07) is 3.67. The minimum absolute atomic E-state index is 0.341. The Morgan fingerprint density at radius 2 is 1.94 bits per heavy atom. The molecule has 5 heteroatoms. The molecule has 96 valence electrons. The van der Waals surface area contributed by atoms with E-state index in [2.05, 4.69) is 55.9 Å². The Bertz CT molecular complexity index is 294. The van der Waals surface area contributed by atoms with Gasteiger partial charge in [-0.3, -0.25) is 4.98 Å². The number of rotatable bonds is 4. The van der Waals surface area contributed by atoms with Crippen LogP contribution in [-0.2, 0) is 12.6 Å². The Kier molecular flexibility index (Phi) is 9.90. The van der Waals surface area contributed by atoms with E-state index in [9.17, 15) is 0 Å². The zero-order valence-electron chi connectivity index (χ0n) is 10.7. The predicted molar refractivity (Wildman–Crippen MR) is 80.4 cm³/mol. The van der Waals surface area contributed by atoms with E-state index >= 15 is 0 Å². The minimum atomic E-state index is 0.341. The van der Waals surface area contributed by atoms with Gasteiger partial charge in [0.1, 0.15) is 0 Å². The zero-order valence-corrected chi connectivity index (χ0v) is 12.3. The molecule has 0 aliphatic rings. The molecule has 0 fully saturated rings. The highest BCUT2D eigenvalue weighted by Crippen LogP contribution is 2.01. The molecule has 0 radical (unpaired) electrons. The van der Waals surface area contributed by atoms with Gasteiger partial charge in [0.05, 0.1) is 31.5 Å². The lowest BCUT2D eigenvalue weighted by Crippen LogP contribution is -3.11. The lowest BCUT2D eigenvalue weighted by molar-refractivity contribution is -0.894. The van der Waals surface area contributed by atoms with Crippen LogP contribution in [0.5, 0.6) is 0 Å². The normalized spacial score (nSPS) is 9.41. The predicted octanol–water partition coefficient (Wildman–Crippen LogP) is 1.26. The van der Waals surface area contributed by atoms with E-state index in [4.69, 9.17) is 0 Å². The fourth-order valence-corrected chi connectivity index (χ4v) is 1.54. The van der Waals surface area contributed by atoms with Gasteiger partial charge in [-0.1, -0.05) is 4.32 Å². The van der Waals surface area contributed by atoms with Gasteiger partial charge in [-0.15, -0.1) is 0 Å². The number of quaternary nitrogens is 1. The lowest BCUT2D eigenvalue weighted by Gasteiger charge is -2.10. The number of nitrogens with one attached hydrogen (secondary N) is 2. The Morgan fingerprint density at radius 3 is 2.24 bits per heavy atom. The quantitative estimate of drug-likeness (QED) is 0.637. The van der Waals surface area contributed by atoms with Crippen LogP contribution in [0.1, 0.15) is 20.8 Å². The van der Waals surface area contributed by atoms with Gasteiger partial charge in [-0.2, -0.15) is 0 Å². The van der Waals surface area contributed by atoms with E-state index in [1.807, 2.05) is 12.1 Å². The first-order valence-electron chi connectivity index (χ1n) is 5.85. The van der Waals surface area contributed by atoms with Gasteiger partial charge in [-0.25, -0.2) is 0 Å².